The van der Waals surface area contributed by atoms with Gasteiger partial charge in [-0.2, -0.15) is 5.26 Å². The highest BCUT2D eigenvalue weighted by atomic mass is 16.3. The van der Waals surface area contributed by atoms with E-state index >= 15 is 0 Å². The summed E-state index contributed by atoms with van der Waals surface area (Å²) in [7, 11) is 0. The normalized spacial score (nSPS) is 56.6. The molecule has 1 N–H and O–H groups in total. The zero-order valence-electron chi connectivity index (χ0n) is 14.0. The predicted octanol–water partition coefficient (Wildman–Crippen LogP) is 4.31. The minimum Gasteiger partial charge on any atom is -0.389 e. The number of nitriles is 1. The molecule has 0 unspecified atom stereocenters. The molecule has 2 nitrogen and oxygen atoms in total. The highest BCUT2D eigenvalue weighted by molar-refractivity contribution is 5.18. The molecule has 2 heteroatoms. The Morgan fingerprint density at radius 2 is 1.91 bits per heavy atom. The Morgan fingerprint density at radius 1 is 1.09 bits per heavy atom. The molecule has 4 aliphatic rings. The number of aliphatic hydroxyl groups excluding tert-OH is 1. The maximum Gasteiger partial charge on any atom is 0.0724 e. The van der Waals surface area contributed by atoms with Crippen molar-refractivity contribution in [1.82, 2.24) is 0 Å². The topological polar surface area (TPSA) is 44.0 Å². The van der Waals surface area contributed by atoms with Crippen LogP contribution in [0.2, 0.25) is 0 Å². The molecule has 0 aliphatic heterocycles. The molecule has 0 spiro atoms. The van der Waals surface area contributed by atoms with E-state index in [2.05, 4.69) is 32.1 Å². The molecule has 0 aromatic heterocycles. The van der Waals surface area contributed by atoms with Crippen LogP contribution in [-0.2, 0) is 0 Å². The molecular weight excluding hydrogens is 270 g/mol. The molecule has 3 fully saturated rings. The van der Waals surface area contributed by atoms with Gasteiger partial charge in [0.15, 0.2) is 0 Å². The van der Waals surface area contributed by atoms with Crippen molar-refractivity contribution >= 4 is 0 Å². The SMILES string of the molecule is C[C@]12C=C[C@@H](O)C[C@@H]1CC[C@@H]1[C@@H]2CC[C@]2(C)[C@@H](C#N)CC[C@@H]12. The van der Waals surface area contributed by atoms with E-state index in [0.29, 0.717) is 5.92 Å². The van der Waals surface area contributed by atoms with E-state index < -0.39 is 0 Å². The Bertz CT molecular complexity index is 534. The van der Waals surface area contributed by atoms with Crippen LogP contribution in [-0.4, -0.2) is 11.2 Å². The van der Waals surface area contributed by atoms with Gasteiger partial charge in [0.05, 0.1) is 18.1 Å². The second-order valence-corrected chi connectivity index (χ2v) is 8.98. The van der Waals surface area contributed by atoms with Crippen LogP contribution in [0.5, 0.6) is 0 Å². The smallest absolute Gasteiger partial charge is 0.0724 e. The van der Waals surface area contributed by atoms with Crippen LogP contribution in [0.1, 0.15) is 58.8 Å². The predicted molar refractivity (Wildman–Crippen MR) is 86.7 cm³/mol. The molecule has 8 atom stereocenters. The molecule has 3 saturated carbocycles. The largest absolute Gasteiger partial charge is 0.389 e. The molecule has 0 heterocycles. The van der Waals surface area contributed by atoms with Gasteiger partial charge in [0.25, 0.3) is 0 Å². The number of allylic oxidation sites excluding steroid dienone is 1. The molecule has 120 valence electrons. The van der Waals surface area contributed by atoms with Gasteiger partial charge in [0.1, 0.15) is 0 Å². The Kier molecular flexibility index (Phi) is 3.25. The van der Waals surface area contributed by atoms with Gasteiger partial charge < -0.3 is 5.11 Å². The number of hydrogen-bond acceptors (Lipinski definition) is 2. The second kappa shape index (κ2) is 4.84. The minimum atomic E-state index is -0.224. The van der Waals surface area contributed by atoms with Gasteiger partial charge in [-0.3, -0.25) is 0 Å². The first-order chi connectivity index (χ1) is 10.5. The standard InChI is InChI=1S/C20H29NO/c1-19-9-7-15(22)11-13(19)3-5-16-17-6-4-14(12-21)20(17,2)10-8-18(16)19/h7,9,13-18,22H,3-6,8,10-11H2,1-2H3/t13-,14+,15+,16-,17-,18-,19-,20+/m0/s1. The monoisotopic (exact) mass is 299 g/mol. The van der Waals surface area contributed by atoms with Crippen LogP contribution >= 0.6 is 0 Å². The van der Waals surface area contributed by atoms with Gasteiger partial charge >= 0.3 is 0 Å². The van der Waals surface area contributed by atoms with Crippen LogP contribution in [0.25, 0.3) is 0 Å². The molecule has 0 radical (unpaired) electrons. The average molecular weight is 299 g/mol. The first-order valence-corrected chi connectivity index (χ1v) is 9.26. The Balaban J connectivity index is 1.66. The van der Waals surface area contributed by atoms with Crippen molar-refractivity contribution in [3.8, 4) is 6.07 Å². The van der Waals surface area contributed by atoms with Gasteiger partial charge in [0.2, 0.25) is 0 Å². The highest BCUT2D eigenvalue weighted by Crippen LogP contribution is 2.66. The van der Waals surface area contributed by atoms with Crippen molar-refractivity contribution in [2.75, 3.05) is 0 Å². The quantitative estimate of drug-likeness (QED) is 0.677. The fourth-order valence-corrected chi connectivity index (χ4v) is 7.00. The number of hydrogen-bond donors (Lipinski definition) is 1. The molecule has 0 amide bonds. The maximum absolute atomic E-state index is 9.99. The van der Waals surface area contributed by atoms with Crippen molar-refractivity contribution in [1.29, 1.82) is 5.26 Å². The highest BCUT2D eigenvalue weighted by Gasteiger charge is 2.59. The first kappa shape index (κ1) is 14.8. The zero-order chi connectivity index (χ0) is 15.5. The van der Waals surface area contributed by atoms with E-state index in [4.69, 9.17) is 0 Å². The van der Waals surface area contributed by atoms with E-state index in [1.54, 1.807) is 0 Å². The van der Waals surface area contributed by atoms with Crippen LogP contribution < -0.4 is 0 Å². The molecule has 4 rings (SSSR count). The van der Waals surface area contributed by atoms with Crippen LogP contribution in [0.4, 0.5) is 0 Å². The third-order valence-corrected chi connectivity index (χ3v) is 8.32. The summed E-state index contributed by atoms with van der Waals surface area (Å²) in [6, 6.07) is 2.62. The zero-order valence-corrected chi connectivity index (χ0v) is 14.0. The Morgan fingerprint density at radius 3 is 2.68 bits per heavy atom. The van der Waals surface area contributed by atoms with Crippen LogP contribution in [0, 0.1) is 51.8 Å². The van der Waals surface area contributed by atoms with Gasteiger partial charge in [-0.15, -0.1) is 0 Å². The molecule has 0 bridgehead atoms. The summed E-state index contributed by atoms with van der Waals surface area (Å²) < 4.78 is 0. The van der Waals surface area contributed by atoms with E-state index in [0.717, 1.165) is 30.6 Å². The number of nitrogens with zero attached hydrogens (tertiary/aromatic N) is 1. The van der Waals surface area contributed by atoms with E-state index in [9.17, 15) is 10.4 Å². The first-order valence-electron chi connectivity index (χ1n) is 9.26. The van der Waals surface area contributed by atoms with E-state index in [-0.39, 0.29) is 22.9 Å². The van der Waals surface area contributed by atoms with Gasteiger partial charge in [0, 0.05) is 0 Å². The fourth-order valence-electron chi connectivity index (χ4n) is 7.00. The average Bonchev–Trinajstić information content (AvgIpc) is 2.84. The molecule has 0 aromatic rings. The summed E-state index contributed by atoms with van der Waals surface area (Å²) in [5, 5.41) is 19.5. The lowest BCUT2D eigenvalue weighted by molar-refractivity contribution is -0.0814. The van der Waals surface area contributed by atoms with Crippen molar-refractivity contribution in [3.63, 3.8) is 0 Å². The molecule has 4 aliphatic carbocycles. The van der Waals surface area contributed by atoms with Gasteiger partial charge in [-0.05, 0) is 79.4 Å². The van der Waals surface area contributed by atoms with Crippen molar-refractivity contribution in [2.24, 2.45) is 40.4 Å². The Labute approximate surface area is 134 Å². The van der Waals surface area contributed by atoms with E-state index in [1.165, 1.54) is 32.1 Å². The third kappa shape index (κ3) is 1.81. The lowest BCUT2D eigenvalue weighted by atomic mass is 9.46. The molecule has 0 aromatic carbocycles. The molecule has 22 heavy (non-hydrogen) atoms. The van der Waals surface area contributed by atoms with Crippen LogP contribution in [0.3, 0.4) is 0 Å². The summed E-state index contributed by atoms with van der Waals surface area (Å²) >= 11 is 0. The van der Waals surface area contributed by atoms with Gasteiger partial charge in [-0.1, -0.05) is 26.0 Å². The van der Waals surface area contributed by atoms with Crippen LogP contribution in [0.15, 0.2) is 12.2 Å². The lowest BCUT2D eigenvalue weighted by Gasteiger charge is -2.59. The summed E-state index contributed by atoms with van der Waals surface area (Å²) in [4.78, 5) is 0. The second-order valence-electron chi connectivity index (χ2n) is 8.98. The fraction of sp³-hybridized carbons (Fsp3) is 0.850. The van der Waals surface area contributed by atoms with Crippen molar-refractivity contribution in [3.05, 3.63) is 12.2 Å². The van der Waals surface area contributed by atoms with Gasteiger partial charge in [-0.25, -0.2) is 0 Å². The summed E-state index contributed by atoms with van der Waals surface area (Å²) in [5.74, 6) is 3.27. The van der Waals surface area contributed by atoms with Crippen molar-refractivity contribution < 1.29 is 5.11 Å². The minimum absolute atomic E-state index is 0.224. The number of fused-ring (bicyclic) bond motifs is 5. The summed E-state index contributed by atoms with van der Waals surface area (Å²) in [5.41, 5.74) is 0.561. The molecular formula is C20H29NO. The van der Waals surface area contributed by atoms with E-state index in [1.807, 2.05) is 0 Å². The maximum atomic E-state index is 9.99. The molecule has 0 saturated heterocycles. The van der Waals surface area contributed by atoms with Crippen molar-refractivity contribution in [2.45, 2.75) is 64.9 Å². The number of rotatable bonds is 0. The summed E-state index contributed by atoms with van der Waals surface area (Å²) in [6.07, 6.45) is 12.6. The lowest BCUT2D eigenvalue weighted by Crippen LogP contribution is -2.52. The Hall–Kier alpha value is -0.810. The third-order valence-electron chi connectivity index (χ3n) is 8.32. The summed E-state index contributed by atoms with van der Waals surface area (Å²) in [6.45, 7) is 4.86. The number of aliphatic hydroxyl groups is 1.